The Labute approximate surface area is 187 Å². The number of aryl methyl sites for hydroxylation is 1. The van der Waals surface area contributed by atoms with Gasteiger partial charge in [-0.25, -0.2) is 0 Å². The molecule has 0 saturated heterocycles. The van der Waals surface area contributed by atoms with Crippen molar-refractivity contribution in [2.75, 3.05) is 27.9 Å². The van der Waals surface area contributed by atoms with E-state index in [2.05, 4.69) is 4.98 Å². The number of ether oxygens (including phenoxy) is 3. The predicted molar refractivity (Wildman–Crippen MR) is 125 cm³/mol. The van der Waals surface area contributed by atoms with E-state index in [1.54, 1.807) is 17.0 Å². The van der Waals surface area contributed by atoms with Crippen LogP contribution in [0, 0.1) is 12.8 Å². The van der Waals surface area contributed by atoms with Gasteiger partial charge in [-0.05, 0) is 48.6 Å². The molecule has 0 atom stereocenters. The first-order valence-corrected chi connectivity index (χ1v) is 10.5. The number of H-pyrrole nitrogens is 1. The maximum absolute atomic E-state index is 13.5. The number of hydrogen-bond acceptors (Lipinski definition) is 5. The third kappa shape index (κ3) is 4.88. The molecule has 1 amide bonds. The van der Waals surface area contributed by atoms with E-state index < -0.39 is 0 Å². The molecule has 2 aromatic carbocycles. The maximum Gasteiger partial charge on any atom is 0.254 e. The maximum atomic E-state index is 13.5. The lowest BCUT2D eigenvalue weighted by Crippen LogP contribution is -2.35. The van der Waals surface area contributed by atoms with Crippen LogP contribution in [0.25, 0.3) is 10.9 Å². The monoisotopic (exact) mass is 438 g/mol. The molecule has 1 aromatic heterocycles. The number of aromatic amines is 1. The fourth-order valence-electron chi connectivity index (χ4n) is 3.74. The minimum atomic E-state index is -0.221. The molecule has 0 aliphatic heterocycles. The van der Waals surface area contributed by atoms with Crippen LogP contribution in [0.4, 0.5) is 0 Å². The van der Waals surface area contributed by atoms with Gasteiger partial charge in [0.2, 0.25) is 5.75 Å². The van der Waals surface area contributed by atoms with Gasteiger partial charge < -0.3 is 24.1 Å². The van der Waals surface area contributed by atoms with E-state index in [1.807, 2.05) is 45.0 Å². The van der Waals surface area contributed by atoms with Crippen molar-refractivity contribution < 1.29 is 19.0 Å². The molecule has 1 heterocycles. The molecular weight excluding hydrogens is 408 g/mol. The van der Waals surface area contributed by atoms with E-state index in [4.69, 9.17) is 14.2 Å². The van der Waals surface area contributed by atoms with Gasteiger partial charge in [-0.3, -0.25) is 9.59 Å². The van der Waals surface area contributed by atoms with E-state index in [0.29, 0.717) is 34.9 Å². The number of hydrogen-bond donors (Lipinski definition) is 1. The number of pyridine rings is 1. The lowest BCUT2D eigenvalue weighted by atomic mass is 10.1. The van der Waals surface area contributed by atoms with Crippen molar-refractivity contribution in [1.29, 1.82) is 0 Å². The summed E-state index contributed by atoms with van der Waals surface area (Å²) in [5.41, 5.74) is 2.60. The molecule has 0 radical (unpaired) electrons. The highest BCUT2D eigenvalue weighted by Crippen LogP contribution is 2.38. The van der Waals surface area contributed by atoms with Gasteiger partial charge in [0.05, 0.1) is 27.9 Å². The Balaban J connectivity index is 2.02. The van der Waals surface area contributed by atoms with Crippen molar-refractivity contribution in [2.24, 2.45) is 5.92 Å². The Morgan fingerprint density at radius 1 is 1.00 bits per heavy atom. The Hall–Kier alpha value is -3.48. The smallest absolute Gasteiger partial charge is 0.254 e. The van der Waals surface area contributed by atoms with Crippen molar-refractivity contribution in [2.45, 2.75) is 27.3 Å². The number of aromatic nitrogens is 1. The van der Waals surface area contributed by atoms with Crippen molar-refractivity contribution in [3.05, 3.63) is 63.4 Å². The zero-order chi connectivity index (χ0) is 23.4. The number of nitrogens with one attached hydrogen (secondary N) is 1. The Morgan fingerprint density at radius 2 is 1.66 bits per heavy atom. The second-order valence-corrected chi connectivity index (χ2v) is 8.21. The van der Waals surface area contributed by atoms with E-state index in [0.717, 1.165) is 16.5 Å². The summed E-state index contributed by atoms with van der Waals surface area (Å²) in [6.07, 6.45) is 0. The highest BCUT2D eigenvalue weighted by atomic mass is 16.5. The first kappa shape index (κ1) is 23.2. The van der Waals surface area contributed by atoms with Crippen LogP contribution in [0.15, 0.2) is 41.2 Å². The Morgan fingerprint density at radius 3 is 2.22 bits per heavy atom. The van der Waals surface area contributed by atoms with Gasteiger partial charge >= 0.3 is 0 Å². The lowest BCUT2D eigenvalue weighted by Gasteiger charge is -2.25. The van der Waals surface area contributed by atoms with Crippen molar-refractivity contribution >= 4 is 16.8 Å². The van der Waals surface area contributed by atoms with Crippen LogP contribution >= 0.6 is 0 Å². The molecule has 0 aliphatic carbocycles. The summed E-state index contributed by atoms with van der Waals surface area (Å²) in [5, 5.41) is 0.935. The number of fused-ring (bicyclic) bond motifs is 1. The van der Waals surface area contributed by atoms with Gasteiger partial charge in [-0.2, -0.15) is 0 Å². The molecule has 0 saturated carbocycles. The third-order valence-electron chi connectivity index (χ3n) is 5.22. The molecule has 0 spiro atoms. The number of methoxy groups -OCH3 is 3. The number of nitrogens with zero attached hydrogens (tertiary/aromatic N) is 1. The molecule has 1 N–H and O–H groups in total. The molecule has 7 heteroatoms. The second kappa shape index (κ2) is 9.77. The molecule has 0 aliphatic rings. The SMILES string of the molecule is COc1cc(C(=O)N(Cc2cc3cc(C)ccc3[nH]c2=O)CC(C)C)cc(OC)c1OC. The minimum absolute atomic E-state index is 0.187. The Bertz CT molecular complexity index is 1160. The van der Waals surface area contributed by atoms with Crippen LogP contribution in [0.3, 0.4) is 0 Å². The zero-order valence-electron chi connectivity index (χ0n) is 19.4. The molecule has 0 unspecified atom stereocenters. The van der Waals surface area contributed by atoms with Gasteiger partial charge in [0, 0.05) is 23.2 Å². The largest absolute Gasteiger partial charge is 0.493 e. The average molecular weight is 439 g/mol. The quantitative estimate of drug-likeness (QED) is 0.571. The fourth-order valence-corrected chi connectivity index (χ4v) is 3.74. The highest BCUT2D eigenvalue weighted by Gasteiger charge is 2.23. The predicted octanol–water partition coefficient (Wildman–Crippen LogP) is 4.16. The summed E-state index contributed by atoms with van der Waals surface area (Å²) < 4.78 is 16.2. The number of amides is 1. The summed E-state index contributed by atoms with van der Waals surface area (Å²) in [4.78, 5) is 30.8. The topological polar surface area (TPSA) is 80.9 Å². The average Bonchev–Trinajstić information content (AvgIpc) is 2.77. The van der Waals surface area contributed by atoms with E-state index in [1.165, 1.54) is 21.3 Å². The second-order valence-electron chi connectivity index (χ2n) is 8.21. The lowest BCUT2D eigenvalue weighted by molar-refractivity contribution is 0.0721. The van der Waals surface area contributed by atoms with Crippen LogP contribution in [0.2, 0.25) is 0 Å². The minimum Gasteiger partial charge on any atom is -0.493 e. The van der Waals surface area contributed by atoms with Crippen LogP contribution in [0.1, 0.15) is 35.3 Å². The van der Waals surface area contributed by atoms with Crippen molar-refractivity contribution in [1.82, 2.24) is 9.88 Å². The van der Waals surface area contributed by atoms with Crippen LogP contribution < -0.4 is 19.8 Å². The van der Waals surface area contributed by atoms with E-state index >= 15 is 0 Å². The summed E-state index contributed by atoms with van der Waals surface area (Å²) in [7, 11) is 4.53. The van der Waals surface area contributed by atoms with Crippen LogP contribution in [-0.4, -0.2) is 43.7 Å². The summed E-state index contributed by atoms with van der Waals surface area (Å²) >= 11 is 0. The van der Waals surface area contributed by atoms with Gasteiger partial charge in [-0.1, -0.05) is 25.5 Å². The highest BCUT2D eigenvalue weighted by molar-refractivity contribution is 5.95. The molecule has 3 rings (SSSR count). The number of benzene rings is 2. The molecular formula is C25H30N2O5. The fraction of sp³-hybridized carbons (Fsp3) is 0.360. The first-order chi connectivity index (χ1) is 15.3. The zero-order valence-corrected chi connectivity index (χ0v) is 19.4. The van der Waals surface area contributed by atoms with Gasteiger partial charge in [0.25, 0.3) is 11.5 Å². The standard InChI is InChI=1S/C25H30N2O5/c1-15(2)13-27(14-19-10-17-9-16(3)7-8-20(17)26-24(19)28)25(29)18-11-21(30-4)23(32-6)22(12-18)31-5/h7-12,15H,13-14H2,1-6H3,(H,26,28). The summed E-state index contributed by atoms with van der Waals surface area (Å²) in [6, 6.07) is 11.0. The van der Waals surface area contributed by atoms with Crippen LogP contribution in [0.5, 0.6) is 17.2 Å². The summed E-state index contributed by atoms with van der Waals surface area (Å²) in [6.45, 7) is 6.74. The molecule has 7 nitrogen and oxygen atoms in total. The molecule has 0 bridgehead atoms. The summed E-state index contributed by atoms with van der Waals surface area (Å²) in [5.74, 6) is 1.21. The number of carbonyl (C=O) groups excluding carboxylic acids is 1. The third-order valence-corrected chi connectivity index (χ3v) is 5.22. The van der Waals surface area contributed by atoms with Crippen molar-refractivity contribution in [3.63, 3.8) is 0 Å². The van der Waals surface area contributed by atoms with Crippen LogP contribution in [-0.2, 0) is 6.54 Å². The Kier molecular flexibility index (Phi) is 7.08. The van der Waals surface area contributed by atoms with Gasteiger partial charge in [0.1, 0.15) is 0 Å². The van der Waals surface area contributed by atoms with E-state index in [9.17, 15) is 9.59 Å². The normalized spacial score (nSPS) is 11.0. The van der Waals surface area contributed by atoms with E-state index in [-0.39, 0.29) is 23.9 Å². The molecule has 170 valence electrons. The van der Waals surface area contributed by atoms with Crippen molar-refractivity contribution in [3.8, 4) is 17.2 Å². The molecule has 3 aromatic rings. The molecule has 32 heavy (non-hydrogen) atoms. The number of rotatable bonds is 8. The van der Waals surface area contributed by atoms with Gasteiger partial charge in [-0.15, -0.1) is 0 Å². The number of carbonyl (C=O) groups is 1. The first-order valence-electron chi connectivity index (χ1n) is 10.5. The van der Waals surface area contributed by atoms with Gasteiger partial charge in [0.15, 0.2) is 11.5 Å². The molecule has 0 fully saturated rings.